The Bertz CT molecular complexity index is 2360. The summed E-state index contributed by atoms with van der Waals surface area (Å²) in [5, 5.41) is 13.3. The van der Waals surface area contributed by atoms with Gasteiger partial charge in [-0.3, -0.25) is 39.5 Å². The van der Waals surface area contributed by atoms with E-state index in [2.05, 4.69) is 21.3 Å². The number of fused-ring (bicyclic) bond motifs is 4. The molecule has 0 spiro atoms. The second-order valence-corrected chi connectivity index (χ2v) is 29.2. The van der Waals surface area contributed by atoms with Crippen molar-refractivity contribution >= 4 is 30.4 Å². The molecule has 2 saturated heterocycles. The Balaban J connectivity index is 0.000000275. The van der Waals surface area contributed by atoms with Crippen LogP contribution in [0.25, 0.3) is 0 Å². The smallest absolute Gasteiger partial charge is 0.351 e. The molecule has 4 aromatic rings. The zero-order valence-electron chi connectivity index (χ0n) is 52.5. The summed E-state index contributed by atoms with van der Waals surface area (Å²) < 4.78 is 142. The van der Waals surface area contributed by atoms with Gasteiger partial charge in [-0.15, -0.1) is 0 Å². The van der Waals surface area contributed by atoms with Crippen molar-refractivity contribution in [3.8, 4) is 23.0 Å². The summed E-state index contributed by atoms with van der Waals surface area (Å²) in [5.41, 5.74) is 2.67. The molecule has 2 fully saturated rings. The molecule has 0 saturated carbocycles. The van der Waals surface area contributed by atoms with Crippen LogP contribution < -0.4 is 40.2 Å². The van der Waals surface area contributed by atoms with Crippen molar-refractivity contribution in [2.45, 2.75) is 74.5 Å². The van der Waals surface area contributed by atoms with E-state index in [1.165, 1.54) is 82.6 Å². The molecule has 4 N–H and O–H groups in total. The third kappa shape index (κ3) is 23.5. The van der Waals surface area contributed by atoms with E-state index in [0.29, 0.717) is 124 Å². The third-order valence-corrected chi connectivity index (χ3v) is 22.8. The fraction of sp³-hybridized carbons (Fsp3) is 0.600. The highest BCUT2D eigenvalue weighted by Crippen LogP contribution is 2.63. The summed E-state index contributed by atoms with van der Waals surface area (Å²) in [7, 11) is -3.26. The van der Waals surface area contributed by atoms with E-state index in [4.69, 9.17) is 74.1 Å². The van der Waals surface area contributed by atoms with Gasteiger partial charge in [0.2, 0.25) is 0 Å². The van der Waals surface area contributed by atoms with E-state index in [1.54, 1.807) is 0 Å². The van der Waals surface area contributed by atoms with Crippen molar-refractivity contribution in [2.24, 2.45) is 0 Å². The first kappa shape index (κ1) is 75.1. The van der Waals surface area contributed by atoms with Crippen molar-refractivity contribution in [1.82, 2.24) is 21.3 Å². The molecule has 0 aromatic heterocycles. The molecule has 4 aliphatic rings. The molecule has 0 aliphatic carbocycles. The molecule has 24 nitrogen and oxygen atoms in total. The number of hydrogen-bond acceptors (Lipinski definition) is 24. The van der Waals surface area contributed by atoms with Gasteiger partial charge in [-0.2, -0.15) is 0 Å². The molecular formula is C60H96N4O20P4. The Hall–Kier alpha value is -3.64. The van der Waals surface area contributed by atoms with Crippen molar-refractivity contribution in [3.63, 3.8) is 0 Å². The molecular weight excluding hydrogens is 1220 g/mol. The number of nitrogens with one attached hydrogen (secondary N) is 4. The normalized spacial score (nSPS) is 21.1. The van der Waals surface area contributed by atoms with Crippen LogP contribution in [0.4, 0.5) is 0 Å². The van der Waals surface area contributed by atoms with E-state index < -0.39 is 53.5 Å². The van der Waals surface area contributed by atoms with Gasteiger partial charge in [0.25, 0.3) is 0 Å². The molecule has 28 heteroatoms. The van der Waals surface area contributed by atoms with Gasteiger partial charge in [0.05, 0.1) is 26.4 Å². The van der Waals surface area contributed by atoms with Crippen molar-refractivity contribution in [1.29, 1.82) is 0 Å². The van der Waals surface area contributed by atoms with Crippen LogP contribution in [-0.4, -0.2) is 162 Å². The molecule has 0 bridgehead atoms. The van der Waals surface area contributed by atoms with E-state index in [-0.39, 0.29) is 26.4 Å². The summed E-state index contributed by atoms with van der Waals surface area (Å²) in [6, 6.07) is 29.4. The average Bonchev–Trinajstić information content (AvgIpc) is 2.83. The molecule has 4 atom stereocenters. The van der Waals surface area contributed by atoms with E-state index in [9.17, 15) is 18.3 Å². The number of rotatable bonds is 12. The molecule has 496 valence electrons. The molecule has 0 unspecified atom stereocenters. The Kier molecular flexibility index (Phi) is 35.6. The lowest BCUT2D eigenvalue weighted by Crippen LogP contribution is -2.27. The molecule has 4 aliphatic heterocycles. The molecule has 0 amide bonds. The van der Waals surface area contributed by atoms with Crippen molar-refractivity contribution in [3.05, 3.63) is 119 Å². The molecule has 4 heterocycles. The first-order valence-electron chi connectivity index (χ1n) is 29.8. The molecule has 8 rings (SSSR count). The highest BCUT2D eigenvalue weighted by molar-refractivity contribution is 7.55. The third-order valence-electron chi connectivity index (χ3n) is 14.3. The van der Waals surface area contributed by atoms with Gasteiger partial charge < -0.3 is 74.1 Å². The van der Waals surface area contributed by atoms with Crippen LogP contribution in [0.3, 0.4) is 0 Å². The first-order chi connectivity index (χ1) is 42.8. The van der Waals surface area contributed by atoms with Crippen molar-refractivity contribution in [2.75, 3.05) is 162 Å². The summed E-state index contributed by atoms with van der Waals surface area (Å²) in [5.74, 6) is -0.703. The average molecular weight is 1320 g/mol. The fourth-order valence-electron chi connectivity index (χ4n) is 9.58. The molecule has 0 radical (unpaired) electrons. The topological polar surface area (TPSA) is 264 Å². The van der Waals surface area contributed by atoms with E-state index in [1.807, 2.05) is 97.1 Å². The lowest BCUT2D eigenvalue weighted by molar-refractivity contribution is 0.0758. The summed E-state index contributed by atoms with van der Waals surface area (Å²) in [6.45, 7) is 8.42. The highest BCUT2D eigenvalue weighted by Gasteiger charge is 2.41. The molecule has 4 aromatic carbocycles. The highest BCUT2D eigenvalue weighted by atomic mass is 31.2. The van der Waals surface area contributed by atoms with Crippen LogP contribution in [0.15, 0.2) is 97.1 Å². The zero-order chi connectivity index (χ0) is 63.4. The Morgan fingerprint density at radius 2 is 0.477 bits per heavy atom. The predicted molar refractivity (Wildman–Crippen MR) is 337 cm³/mol. The minimum Gasteiger partial charge on any atom is -0.491 e. The maximum atomic E-state index is 13.5. The fourth-order valence-corrected chi connectivity index (χ4v) is 15.5. The van der Waals surface area contributed by atoms with Gasteiger partial charge in [-0.1, -0.05) is 72.8 Å². The minimum atomic E-state index is -3.55. The van der Waals surface area contributed by atoms with Gasteiger partial charge in [-0.05, 0) is 102 Å². The summed E-state index contributed by atoms with van der Waals surface area (Å²) >= 11 is 0. The van der Waals surface area contributed by atoms with Crippen LogP contribution in [0, 0.1) is 0 Å². The largest absolute Gasteiger partial charge is 0.491 e. The minimum absolute atomic E-state index is 0.279. The van der Waals surface area contributed by atoms with Gasteiger partial charge >= 0.3 is 30.4 Å². The Labute approximate surface area is 521 Å². The second kappa shape index (κ2) is 41.8. The quantitative estimate of drug-likeness (QED) is 0.0960. The maximum Gasteiger partial charge on any atom is 0.351 e. The predicted octanol–water partition coefficient (Wildman–Crippen LogP) is 11.8. The van der Waals surface area contributed by atoms with E-state index >= 15 is 0 Å². The monoisotopic (exact) mass is 1320 g/mol. The Morgan fingerprint density at radius 3 is 0.659 bits per heavy atom. The second-order valence-electron chi connectivity index (χ2n) is 19.9. The zero-order valence-corrected chi connectivity index (χ0v) is 56.0. The van der Waals surface area contributed by atoms with Crippen LogP contribution in [0.1, 0.15) is 96.8 Å². The van der Waals surface area contributed by atoms with Crippen LogP contribution in [0.5, 0.6) is 23.0 Å². The Morgan fingerprint density at radius 1 is 0.284 bits per heavy atom. The van der Waals surface area contributed by atoms with Gasteiger partial charge in [0.1, 0.15) is 72.6 Å². The maximum absolute atomic E-state index is 13.5. The van der Waals surface area contributed by atoms with Gasteiger partial charge in [0.15, 0.2) is 0 Å². The van der Waals surface area contributed by atoms with E-state index in [0.717, 1.165) is 26.4 Å². The summed E-state index contributed by atoms with van der Waals surface area (Å²) in [4.78, 5) is 0. The first-order valence-corrected chi connectivity index (χ1v) is 36.3. The summed E-state index contributed by atoms with van der Waals surface area (Å²) in [6.07, 6.45) is 7.96. The van der Waals surface area contributed by atoms with Crippen LogP contribution in [0.2, 0.25) is 0 Å². The number of ether oxygens (including phenoxy) is 8. The standard InChI is InChI=1S/2C26H40N2O9P2.2C4H8O/c2*1-31-38(29,32-2)25-21-11-5-7-13-23(21)36-19-17-35-18-20-37-24-14-8-6-12-22(24)26(39(30,33-3)34-4)28-16-10-9-15-27-25;2*1-2-4-5-3-1/h2*5-8,11-14,25-28H,9-10,15-20H2,1-4H3;2*1-4H2/t2*25-,26+;;. The van der Waals surface area contributed by atoms with Crippen LogP contribution in [-0.2, 0) is 73.4 Å². The van der Waals surface area contributed by atoms with Crippen LogP contribution >= 0.6 is 30.4 Å². The van der Waals surface area contributed by atoms with Crippen molar-refractivity contribution < 1.29 is 92.3 Å². The lowest BCUT2D eigenvalue weighted by atomic mass is 10.2. The molecule has 88 heavy (non-hydrogen) atoms. The lowest BCUT2D eigenvalue weighted by Gasteiger charge is -2.28. The van der Waals surface area contributed by atoms with Gasteiger partial charge in [0, 0.05) is 106 Å². The number of hydrogen-bond donors (Lipinski definition) is 4. The SMILES string of the molecule is C1CCOC1.C1CCOC1.COP(=O)(OC)[C@@H]1NCCCCN[C@H](P(=O)(OC)OC)c2ccccc2OCCOCCOc2ccccc21.COP(=O)(OC)[C@@H]1NCCCCN[C@H](P(=O)(OC)OC)c2ccccc2OCCOCCOc2ccccc21. The number of benzene rings is 4. The number of para-hydroxylation sites is 4. The van der Waals surface area contributed by atoms with Gasteiger partial charge in [-0.25, -0.2) is 0 Å².